The van der Waals surface area contributed by atoms with E-state index in [1.807, 2.05) is 13.0 Å². The third-order valence-corrected chi connectivity index (χ3v) is 3.62. The van der Waals surface area contributed by atoms with Crippen LogP contribution < -0.4 is 11.3 Å². The molecule has 1 aromatic heterocycles. The fraction of sp³-hybridized carbons (Fsp3) is 0.583. The van der Waals surface area contributed by atoms with E-state index in [0.717, 1.165) is 23.5 Å². The predicted molar refractivity (Wildman–Crippen MR) is 69.9 cm³/mol. The van der Waals surface area contributed by atoms with Crippen LogP contribution in [0.3, 0.4) is 0 Å². The fourth-order valence-corrected chi connectivity index (χ4v) is 2.41. The smallest absolute Gasteiger partial charge is 0.275 e. The van der Waals surface area contributed by atoms with Crippen LogP contribution in [0.15, 0.2) is 6.07 Å². The molecule has 0 aliphatic carbocycles. The quantitative estimate of drug-likeness (QED) is 0.341. The molecule has 0 saturated heterocycles. The summed E-state index contributed by atoms with van der Waals surface area (Å²) in [5.41, 5.74) is 3.21. The van der Waals surface area contributed by atoms with Gasteiger partial charge in [0.05, 0.1) is 11.5 Å². The number of aryl methyl sites for hydroxylation is 1. The van der Waals surface area contributed by atoms with Gasteiger partial charge in [0.2, 0.25) is 0 Å². The van der Waals surface area contributed by atoms with E-state index < -0.39 is 0 Å². The van der Waals surface area contributed by atoms with Crippen LogP contribution in [0.1, 0.15) is 46.3 Å². The first-order valence-corrected chi connectivity index (χ1v) is 6.68. The van der Waals surface area contributed by atoms with E-state index in [9.17, 15) is 4.79 Å². The summed E-state index contributed by atoms with van der Waals surface area (Å²) >= 11 is 1.44. The van der Waals surface area contributed by atoms with Gasteiger partial charge in [-0.25, -0.2) is 5.84 Å². The van der Waals surface area contributed by atoms with E-state index in [0.29, 0.717) is 11.5 Å². The van der Waals surface area contributed by atoms with Crippen LogP contribution in [0, 0.1) is 6.92 Å². The average molecular weight is 256 g/mol. The van der Waals surface area contributed by atoms with Crippen molar-refractivity contribution in [2.24, 2.45) is 5.84 Å². The molecule has 0 aromatic carbocycles. The van der Waals surface area contributed by atoms with E-state index in [-0.39, 0.29) is 5.91 Å². The van der Waals surface area contributed by atoms with Gasteiger partial charge in [-0.05, 0) is 25.0 Å². The molecular weight excluding hydrogens is 236 g/mol. The van der Waals surface area contributed by atoms with Gasteiger partial charge >= 0.3 is 0 Å². The Labute approximate surface area is 106 Å². The number of amides is 1. The lowest BCUT2D eigenvalue weighted by Crippen LogP contribution is -2.29. The number of nitrogen functional groups attached to an aromatic ring is 1. The maximum Gasteiger partial charge on any atom is 0.275 e. The third kappa shape index (κ3) is 4.46. The molecular formula is C12H20N2O2S. The van der Waals surface area contributed by atoms with E-state index in [1.54, 1.807) is 0 Å². The van der Waals surface area contributed by atoms with E-state index in [1.165, 1.54) is 24.2 Å². The number of carbonyl (C=O) groups is 1. The zero-order valence-corrected chi connectivity index (χ0v) is 11.2. The predicted octanol–water partition coefficient (Wildman–Crippen LogP) is 2.37. The second-order valence-corrected chi connectivity index (χ2v) is 5.18. The zero-order valence-electron chi connectivity index (χ0n) is 10.4. The molecule has 0 fully saturated rings. The Balaban J connectivity index is 2.43. The topological polar surface area (TPSA) is 64.3 Å². The number of unbranched alkanes of at least 4 members (excludes halogenated alkanes) is 2. The second-order valence-electron chi connectivity index (χ2n) is 3.93. The molecule has 0 aliphatic heterocycles. The Bertz CT molecular complexity index is 363. The lowest BCUT2D eigenvalue weighted by atomic mass is 10.2. The largest absolute Gasteiger partial charge is 0.377 e. The molecule has 0 bridgehead atoms. The van der Waals surface area contributed by atoms with Crippen molar-refractivity contribution in [2.45, 2.75) is 39.7 Å². The molecule has 0 aliphatic rings. The van der Waals surface area contributed by atoms with Gasteiger partial charge in [0.25, 0.3) is 5.91 Å². The highest BCUT2D eigenvalue weighted by Crippen LogP contribution is 2.22. The number of ether oxygens (including phenoxy) is 1. The molecule has 17 heavy (non-hydrogen) atoms. The van der Waals surface area contributed by atoms with Crippen molar-refractivity contribution in [3.8, 4) is 0 Å². The summed E-state index contributed by atoms with van der Waals surface area (Å²) in [5.74, 6) is 4.85. The van der Waals surface area contributed by atoms with Crippen LogP contribution in [0.5, 0.6) is 0 Å². The van der Waals surface area contributed by atoms with Crippen molar-refractivity contribution in [2.75, 3.05) is 6.61 Å². The van der Waals surface area contributed by atoms with Crippen molar-refractivity contribution < 1.29 is 9.53 Å². The number of hydrogen-bond donors (Lipinski definition) is 2. The zero-order chi connectivity index (χ0) is 12.7. The minimum atomic E-state index is -0.240. The van der Waals surface area contributed by atoms with Gasteiger partial charge in [-0.15, -0.1) is 11.3 Å². The molecule has 5 heteroatoms. The summed E-state index contributed by atoms with van der Waals surface area (Å²) in [6.07, 6.45) is 3.49. The van der Waals surface area contributed by atoms with Crippen LogP contribution in [0.2, 0.25) is 0 Å². The number of nitrogens with two attached hydrogens (primary N) is 1. The van der Waals surface area contributed by atoms with Gasteiger partial charge in [0, 0.05) is 11.5 Å². The van der Waals surface area contributed by atoms with E-state index in [2.05, 4.69) is 12.3 Å². The standard InChI is InChI=1S/C12H20N2O2S/c1-3-4-5-6-16-8-10-7-11(12(15)14-13)17-9(10)2/h7H,3-6,8,13H2,1-2H3,(H,14,15). The molecule has 0 atom stereocenters. The van der Waals surface area contributed by atoms with Gasteiger partial charge in [-0.3, -0.25) is 10.2 Å². The SMILES string of the molecule is CCCCCOCc1cc(C(=O)NN)sc1C. The Morgan fingerprint density at radius 1 is 1.53 bits per heavy atom. The highest BCUT2D eigenvalue weighted by Gasteiger charge is 2.11. The summed E-state index contributed by atoms with van der Waals surface area (Å²) in [5, 5.41) is 0. The lowest BCUT2D eigenvalue weighted by molar-refractivity contribution is 0.0957. The summed E-state index contributed by atoms with van der Waals surface area (Å²) < 4.78 is 5.57. The van der Waals surface area contributed by atoms with Crippen molar-refractivity contribution in [3.63, 3.8) is 0 Å². The normalized spacial score (nSPS) is 10.5. The number of hydrazine groups is 1. The molecule has 3 N–H and O–H groups in total. The third-order valence-electron chi connectivity index (χ3n) is 2.53. The van der Waals surface area contributed by atoms with Gasteiger partial charge in [0.1, 0.15) is 0 Å². The Morgan fingerprint density at radius 2 is 2.29 bits per heavy atom. The van der Waals surface area contributed by atoms with Crippen molar-refractivity contribution in [1.29, 1.82) is 0 Å². The molecule has 0 saturated carbocycles. The van der Waals surface area contributed by atoms with Gasteiger partial charge in [-0.1, -0.05) is 19.8 Å². The van der Waals surface area contributed by atoms with Crippen molar-refractivity contribution >= 4 is 17.2 Å². The molecule has 1 amide bonds. The van der Waals surface area contributed by atoms with Crippen molar-refractivity contribution in [1.82, 2.24) is 5.43 Å². The average Bonchev–Trinajstić information content (AvgIpc) is 2.70. The van der Waals surface area contributed by atoms with Crippen LogP contribution in [-0.2, 0) is 11.3 Å². The van der Waals surface area contributed by atoms with Crippen LogP contribution in [0.4, 0.5) is 0 Å². The van der Waals surface area contributed by atoms with E-state index >= 15 is 0 Å². The minimum Gasteiger partial charge on any atom is -0.377 e. The first-order chi connectivity index (χ1) is 8.19. The molecule has 96 valence electrons. The molecule has 1 rings (SSSR count). The lowest BCUT2D eigenvalue weighted by Gasteiger charge is -2.02. The van der Waals surface area contributed by atoms with E-state index in [4.69, 9.17) is 10.6 Å². The maximum absolute atomic E-state index is 11.3. The molecule has 4 nitrogen and oxygen atoms in total. The monoisotopic (exact) mass is 256 g/mol. The first kappa shape index (κ1) is 14.2. The first-order valence-electron chi connectivity index (χ1n) is 5.87. The fourth-order valence-electron chi connectivity index (χ4n) is 1.48. The van der Waals surface area contributed by atoms with Gasteiger partial charge in [0.15, 0.2) is 0 Å². The highest BCUT2D eigenvalue weighted by atomic mass is 32.1. The number of hydrogen-bond acceptors (Lipinski definition) is 4. The summed E-state index contributed by atoms with van der Waals surface area (Å²) in [6, 6.07) is 1.85. The number of rotatable bonds is 7. The van der Waals surface area contributed by atoms with Crippen molar-refractivity contribution in [3.05, 3.63) is 21.4 Å². The molecule has 1 aromatic rings. The molecule has 1 heterocycles. The highest BCUT2D eigenvalue weighted by molar-refractivity contribution is 7.14. The van der Waals surface area contributed by atoms with Crippen LogP contribution in [0.25, 0.3) is 0 Å². The Kier molecular flexibility index (Phi) is 6.18. The summed E-state index contributed by atoms with van der Waals surface area (Å²) in [7, 11) is 0. The maximum atomic E-state index is 11.3. The van der Waals surface area contributed by atoms with Crippen LogP contribution in [-0.4, -0.2) is 12.5 Å². The Hall–Kier alpha value is -0.910. The number of nitrogens with one attached hydrogen (secondary N) is 1. The van der Waals surface area contributed by atoms with Gasteiger partial charge < -0.3 is 4.74 Å². The van der Waals surface area contributed by atoms with Gasteiger partial charge in [-0.2, -0.15) is 0 Å². The molecule has 0 unspecified atom stereocenters. The Morgan fingerprint density at radius 3 is 2.94 bits per heavy atom. The second kappa shape index (κ2) is 7.42. The molecule has 0 spiro atoms. The van der Waals surface area contributed by atoms with Crippen LogP contribution >= 0.6 is 11.3 Å². The summed E-state index contributed by atoms with van der Waals surface area (Å²) in [6.45, 7) is 5.51. The molecule has 0 radical (unpaired) electrons. The minimum absolute atomic E-state index is 0.240. The number of carbonyl (C=O) groups excluding carboxylic acids is 1. The number of thiophene rings is 1. The summed E-state index contributed by atoms with van der Waals surface area (Å²) in [4.78, 5) is 13.1.